The van der Waals surface area contributed by atoms with Crippen LogP contribution in [-0.4, -0.2) is 18.6 Å². The highest BCUT2D eigenvalue weighted by molar-refractivity contribution is 6.30. The van der Waals surface area contributed by atoms with Crippen molar-refractivity contribution in [2.45, 2.75) is 6.04 Å². The van der Waals surface area contributed by atoms with Crippen molar-refractivity contribution in [1.29, 1.82) is 0 Å². The number of rotatable bonds is 5. The summed E-state index contributed by atoms with van der Waals surface area (Å²) < 4.78 is 19.3. The summed E-state index contributed by atoms with van der Waals surface area (Å²) in [5.74, 6) is 0.275. The molecule has 4 rings (SSSR count). The number of nitrogens with zero attached hydrogens (tertiary/aromatic N) is 2. The Morgan fingerprint density at radius 3 is 2.43 bits per heavy atom. The van der Waals surface area contributed by atoms with Gasteiger partial charge in [0.2, 0.25) is 6.54 Å². The highest BCUT2D eigenvalue weighted by Gasteiger charge is 2.34. The van der Waals surface area contributed by atoms with Crippen LogP contribution in [0.5, 0.6) is 5.75 Å². The van der Waals surface area contributed by atoms with Gasteiger partial charge in [0.1, 0.15) is 17.6 Å². The quantitative estimate of drug-likeness (QED) is 0.382. The summed E-state index contributed by atoms with van der Waals surface area (Å²) in [6.07, 6.45) is 1.92. The standard InChI is InChI=1S/C23H18ClFN2O3/c1-30-20-10-3-15(4-11-20)22-12-16-2-7-18(25)13-21(16)23(14-26(28)29)27(22)19-8-5-17(24)6-9-19/h2-13,23H,14H2,1H3. The molecular formula is C23H18ClFN2O3. The molecule has 0 bridgehead atoms. The van der Waals surface area contributed by atoms with Crippen molar-refractivity contribution in [3.8, 4) is 5.75 Å². The molecule has 1 atom stereocenters. The number of ether oxygens (including phenoxy) is 1. The molecule has 0 N–H and O–H groups in total. The van der Waals surface area contributed by atoms with E-state index < -0.39 is 11.9 Å². The van der Waals surface area contributed by atoms with Gasteiger partial charge in [0.15, 0.2) is 0 Å². The van der Waals surface area contributed by atoms with E-state index in [2.05, 4.69) is 0 Å². The zero-order valence-corrected chi connectivity index (χ0v) is 16.8. The molecule has 0 aliphatic carbocycles. The molecule has 3 aromatic carbocycles. The lowest BCUT2D eigenvalue weighted by Crippen LogP contribution is -2.35. The molecule has 152 valence electrons. The number of benzene rings is 3. The van der Waals surface area contributed by atoms with Crippen LogP contribution >= 0.6 is 11.6 Å². The Morgan fingerprint density at radius 1 is 1.10 bits per heavy atom. The van der Waals surface area contributed by atoms with E-state index in [4.69, 9.17) is 16.3 Å². The van der Waals surface area contributed by atoms with Crippen LogP contribution in [0.25, 0.3) is 11.8 Å². The Kier molecular flexibility index (Phi) is 5.42. The normalized spacial score (nSPS) is 15.4. The van der Waals surface area contributed by atoms with Crippen molar-refractivity contribution in [2.75, 3.05) is 18.6 Å². The molecule has 0 fully saturated rings. The second-order valence-electron chi connectivity index (χ2n) is 6.91. The van der Waals surface area contributed by atoms with Gasteiger partial charge >= 0.3 is 0 Å². The predicted molar refractivity (Wildman–Crippen MR) is 116 cm³/mol. The second kappa shape index (κ2) is 8.16. The smallest absolute Gasteiger partial charge is 0.228 e. The zero-order chi connectivity index (χ0) is 21.3. The van der Waals surface area contributed by atoms with Gasteiger partial charge in [-0.25, -0.2) is 4.39 Å². The van der Waals surface area contributed by atoms with Crippen molar-refractivity contribution in [3.05, 3.63) is 104 Å². The Morgan fingerprint density at radius 2 is 1.80 bits per heavy atom. The van der Waals surface area contributed by atoms with E-state index >= 15 is 0 Å². The fraction of sp³-hybridized carbons (Fsp3) is 0.130. The summed E-state index contributed by atoms with van der Waals surface area (Å²) in [6, 6.07) is 18.2. The van der Waals surface area contributed by atoms with E-state index in [1.165, 1.54) is 12.1 Å². The van der Waals surface area contributed by atoms with Crippen LogP contribution in [0.4, 0.5) is 10.1 Å². The fourth-order valence-corrected chi connectivity index (χ4v) is 3.84. The SMILES string of the molecule is COc1ccc(C2=Cc3ccc(F)cc3C(C[N+](=O)[O-])N2c2ccc(Cl)cc2)cc1. The van der Waals surface area contributed by atoms with Crippen molar-refractivity contribution in [2.24, 2.45) is 0 Å². The third-order valence-corrected chi connectivity index (χ3v) is 5.34. The van der Waals surface area contributed by atoms with E-state index in [1.54, 1.807) is 37.4 Å². The summed E-state index contributed by atoms with van der Waals surface area (Å²) in [6.45, 7) is -0.382. The van der Waals surface area contributed by atoms with Crippen molar-refractivity contribution in [3.63, 3.8) is 0 Å². The summed E-state index contributed by atoms with van der Waals surface area (Å²) in [4.78, 5) is 13.0. The number of halogens is 2. The average Bonchev–Trinajstić information content (AvgIpc) is 2.74. The predicted octanol–water partition coefficient (Wildman–Crippen LogP) is 5.82. The van der Waals surface area contributed by atoms with Crippen LogP contribution in [0.15, 0.2) is 66.7 Å². The molecule has 5 nitrogen and oxygen atoms in total. The lowest BCUT2D eigenvalue weighted by Gasteiger charge is -2.38. The third kappa shape index (κ3) is 3.86. The molecule has 1 aliphatic heterocycles. The topological polar surface area (TPSA) is 55.6 Å². The fourth-order valence-electron chi connectivity index (χ4n) is 3.72. The largest absolute Gasteiger partial charge is 0.497 e. The van der Waals surface area contributed by atoms with E-state index in [-0.39, 0.29) is 11.5 Å². The monoisotopic (exact) mass is 424 g/mol. The van der Waals surface area contributed by atoms with Gasteiger partial charge < -0.3 is 9.64 Å². The molecule has 3 aromatic rings. The molecule has 30 heavy (non-hydrogen) atoms. The van der Waals surface area contributed by atoms with Gasteiger partial charge in [-0.3, -0.25) is 10.1 Å². The minimum absolute atomic E-state index is 0.376. The minimum Gasteiger partial charge on any atom is -0.497 e. The molecule has 0 radical (unpaired) electrons. The van der Waals surface area contributed by atoms with Gasteiger partial charge in [-0.1, -0.05) is 17.7 Å². The van der Waals surface area contributed by atoms with Crippen LogP contribution in [0.3, 0.4) is 0 Å². The Hall–Kier alpha value is -3.38. The lowest BCUT2D eigenvalue weighted by molar-refractivity contribution is -0.483. The number of nitro groups is 1. The maximum Gasteiger partial charge on any atom is 0.228 e. The first-order valence-corrected chi connectivity index (χ1v) is 9.66. The van der Waals surface area contributed by atoms with Crippen molar-refractivity contribution < 1.29 is 14.1 Å². The number of anilines is 1. The van der Waals surface area contributed by atoms with Crippen LogP contribution in [0, 0.1) is 15.9 Å². The van der Waals surface area contributed by atoms with Gasteiger partial charge in [0.05, 0.1) is 7.11 Å². The molecule has 1 unspecified atom stereocenters. The summed E-state index contributed by atoms with van der Waals surface area (Å²) in [5, 5.41) is 12.1. The first-order chi connectivity index (χ1) is 14.5. The summed E-state index contributed by atoms with van der Waals surface area (Å²) >= 11 is 6.06. The molecule has 0 saturated heterocycles. The van der Waals surface area contributed by atoms with Gasteiger partial charge in [0, 0.05) is 21.3 Å². The van der Waals surface area contributed by atoms with Crippen LogP contribution in [-0.2, 0) is 0 Å². The van der Waals surface area contributed by atoms with Crippen molar-refractivity contribution in [1.82, 2.24) is 0 Å². The Balaban J connectivity index is 1.93. The first-order valence-electron chi connectivity index (χ1n) is 9.28. The summed E-state index contributed by atoms with van der Waals surface area (Å²) in [7, 11) is 1.59. The molecule has 0 aromatic heterocycles. The van der Waals surface area contributed by atoms with Crippen LogP contribution < -0.4 is 9.64 Å². The number of hydrogen-bond donors (Lipinski definition) is 0. The second-order valence-corrected chi connectivity index (χ2v) is 7.35. The highest BCUT2D eigenvalue weighted by atomic mass is 35.5. The molecule has 1 heterocycles. The highest BCUT2D eigenvalue weighted by Crippen LogP contribution is 2.42. The first kappa shape index (κ1) is 19.9. The van der Waals surface area contributed by atoms with Crippen molar-refractivity contribution >= 4 is 29.1 Å². The van der Waals surface area contributed by atoms with E-state index in [0.29, 0.717) is 16.3 Å². The summed E-state index contributed by atoms with van der Waals surface area (Å²) in [5.41, 5.74) is 3.67. The molecule has 1 aliphatic rings. The average molecular weight is 425 g/mol. The van der Waals surface area contributed by atoms with E-state index in [1.807, 2.05) is 35.2 Å². The molecular weight excluding hydrogens is 407 g/mol. The maximum atomic E-state index is 14.1. The van der Waals surface area contributed by atoms with Gasteiger partial charge in [0.25, 0.3) is 0 Å². The Bertz CT molecular complexity index is 1110. The van der Waals surface area contributed by atoms with Gasteiger partial charge in [-0.15, -0.1) is 0 Å². The zero-order valence-electron chi connectivity index (χ0n) is 16.1. The Labute approximate surface area is 178 Å². The number of fused-ring (bicyclic) bond motifs is 1. The van der Waals surface area contributed by atoms with Gasteiger partial charge in [-0.2, -0.15) is 0 Å². The van der Waals surface area contributed by atoms with Gasteiger partial charge in [-0.05, 0) is 83.4 Å². The number of methoxy groups -OCH3 is 1. The maximum absolute atomic E-state index is 14.1. The molecule has 0 spiro atoms. The van der Waals surface area contributed by atoms with Crippen LogP contribution in [0.1, 0.15) is 22.7 Å². The third-order valence-electron chi connectivity index (χ3n) is 5.08. The van der Waals surface area contributed by atoms with E-state index in [9.17, 15) is 14.5 Å². The molecule has 0 saturated carbocycles. The molecule has 0 amide bonds. The lowest BCUT2D eigenvalue weighted by atomic mass is 9.91. The number of hydrogen-bond acceptors (Lipinski definition) is 4. The van der Waals surface area contributed by atoms with Crippen LogP contribution in [0.2, 0.25) is 5.02 Å². The van der Waals surface area contributed by atoms with E-state index in [0.717, 1.165) is 22.5 Å². The molecule has 7 heteroatoms. The minimum atomic E-state index is -0.686.